The van der Waals surface area contributed by atoms with Crippen molar-refractivity contribution in [1.82, 2.24) is 0 Å². The molecule has 0 N–H and O–H groups in total. The molecule has 1 aromatic rings. The van der Waals surface area contributed by atoms with Crippen LogP contribution in [-0.2, 0) is 0 Å². The summed E-state index contributed by atoms with van der Waals surface area (Å²) >= 11 is 0. The lowest BCUT2D eigenvalue weighted by Gasteiger charge is -2.39. The summed E-state index contributed by atoms with van der Waals surface area (Å²) in [6.45, 7) is 7.57. The van der Waals surface area contributed by atoms with Crippen molar-refractivity contribution >= 4 is 5.78 Å². The molecule has 1 unspecified atom stereocenters. The highest BCUT2D eigenvalue weighted by Crippen LogP contribution is 2.20. The molecule has 19 heavy (non-hydrogen) atoms. The fourth-order valence-electron chi connectivity index (χ4n) is 3.20. The molecule has 1 aromatic carbocycles. The molecule has 0 amide bonds. The Morgan fingerprint density at radius 3 is 2.32 bits per heavy atom. The van der Waals surface area contributed by atoms with E-state index in [0.29, 0.717) is 5.78 Å². The zero-order valence-electron chi connectivity index (χ0n) is 12.5. The molecular formula is C17H26NO+. The normalized spacial score (nSPS) is 19.9. The van der Waals surface area contributed by atoms with Gasteiger partial charge in [-0.2, -0.15) is 0 Å². The van der Waals surface area contributed by atoms with Gasteiger partial charge < -0.3 is 4.48 Å². The number of aryl methyl sites for hydroxylation is 1. The van der Waals surface area contributed by atoms with Gasteiger partial charge in [0.05, 0.1) is 32.6 Å². The van der Waals surface area contributed by atoms with E-state index in [9.17, 15) is 4.79 Å². The molecule has 0 aromatic heterocycles. The van der Waals surface area contributed by atoms with Crippen molar-refractivity contribution in [3.05, 3.63) is 35.4 Å². The largest absolute Gasteiger partial charge is 0.325 e. The van der Waals surface area contributed by atoms with Crippen molar-refractivity contribution < 1.29 is 9.28 Å². The van der Waals surface area contributed by atoms with Gasteiger partial charge in [0.1, 0.15) is 0 Å². The Bertz CT molecular complexity index is 429. The Balaban J connectivity index is 2.00. The first kappa shape index (κ1) is 14.3. The van der Waals surface area contributed by atoms with Crippen LogP contribution in [0.3, 0.4) is 0 Å². The number of hydrogen-bond acceptors (Lipinski definition) is 1. The third-order valence-electron chi connectivity index (χ3n) is 4.39. The SMILES string of the molecule is Cc1ccc(C(=O)C(C)C[N+]2(C)CCCCC2)cc1. The third kappa shape index (κ3) is 3.66. The summed E-state index contributed by atoms with van der Waals surface area (Å²) in [5.74, 6) is 0.413. The number of nitrogens with zero attached hydrogens (tertiary/aromatic N) is 1. The molecular weight excluding hydrogens is 234 g/mol. The minimum absolute atomic E-state index is 0.116. The molecule has 1 atom stereocenters. The molecule has 1 fully saturated rings. The number of likely N-dealkylation sites (tertiary alicyclic amines) is 1. The van der Waals surface area contributed by atoms with Gasteiger partial charge in [-0.25, -0.2) is 0 Å². The third-order valence-corrected chi connectivity index (χ3v) is 4.39. The van der Waals surface area contributed by atoms with Gasteiger partial charge in [-0.15, -0.1) is 0 Å². The second-order valence-corrected chi connectivity index (χ2v) is 6.44. The number of carbonyl (C=O) groups excluding carboxylic acids is 1. The molecule has 1 aliphatic heterocycles. The molecule has 1 saturated heterocycles. The molecule has 0 bridgehead atoms. The Kier molecular flexibility index (Phi) is 4.41. The summed E-state index contributed by atoms with van der Waals surface area (Å²) in [6.07, 6.45) is 3.97. The molecule has 2 nitrogen and oxygen atoms in total. The predicted octanol–water partition coefficient (Wildman–Crippen LogP) is 3.44. The first-order chi connectivity index (χ1) is 9.00. The Morgan fingerprint density at radius 1 is 1.16 bits per heavy atom. The second-order valence-electron chi connectivity index (χ2n) is 6.44. The lowest BCUT2D eigenvalue weighted by molar-refractivity contribution is -0.915. The molecule has 2 heteroatoms. The zero-order chi connectivity index (χ0) is 13.9. The molecule has 2 rings (SSSR count). The Labute approximate surface area is 117 Å². The van der Waals surface area contributed by atoms with Crippen LogP contribution in [0.25, 0.3) is 0 Å². The number of ketones is 1. The molecule has 0 saturated carbocycles. The Hall–Kier alpha value is -1.15. The monoisotopic (exact) mass is 260 g/mol. The first-order valence-corrected chi connectivity index (χ1v) is 7.45. The van der Waals surface area contributed by atoms with E-state index in [1.165, 1.54) is 37.9 Å². The molecule has 104 valence electrons. The summed E-state index contributed by atoms with van der Waals surface area (Å²) < 4.78 is 1.07. The molecule has 0 aliphatic carbocycles. The van der Waals surface area contributed by atoms with E-state index in [1.807, 2.05) is 24.3 Å². The van der Waals surface area contributed by atoms with Crippen LogP contribution in [0.15, 0.2) is 24.3 Å². The van der Waals surface area contributed by atoms with Crippen molar-refractivity contribution in [2.45, 2.75) is 33.1 Å². The van der Waals surface area contributed by atoms with Crippen molar-refractivity contribution in [3.8, 4) is 0 Å². The molecule has 1 heterocycles. The summed E-state index contributed by atoms with van der Waals surface area (Å²) in [4.78, 5) is 12.5. The smallest absolute Gasteiger partial charge is 0.171 e. The minimum Gasteiger partial charge on any atom is -0.325 e. The van der Waals surface area contributed by atoms with Gasteiger partial charge in [0, 0.05) is 5.56 Å². The number of quaternary nitrogens is 1. The number of benzene rings is 1. The van der Waals surface area contributed by atoms with Crippen molar-refractivity contribution in [1.29, 1.82) is 0 Å². The maximum absolute atomic E-state index is 12.5. The highest BCUT2D eigenvalue weighted by atomic mass is 16.1. The molecule has 0 spiro atoms. The maximum atomic E-state index is 12.5. The van der Waals surface area contributed by atoms with Gasteiger partial charge in [0.15, 0.2) is 5.78 Å². The van der Waals surface area contributed by atoms with E-state index >= 15 is 0 Å². The zero-order valence-corrected chi connectivity index (χ0v) is 12.5. The lowest BCUT2D eigenvalue weighted by atomic mass is 9.96. The number of hydrogen-bond donors (Lipinski definition) is 0. The standard InChI is InChI=1S/C17H26NO/c1-14-7-9-16(10-8-14)17(19)15(2)13-18(3)11-5-4-6-12-18/h7-10,15H,4-6,11-13H2,1-3H3/q+1. The molecule has 0 radical (unpaired) electrons. The summed E-state index contributed by atoms with van der Waals surface area (Å²) in [7, 11) is 2.30. The quantitative estimate of drug-likeness (QED) is 0.598. The Morgan fingerprint density at radius 2 is 1.74 bits per heavy atom. The highest BCUT2D eigenvalue weighted by Gasteiger charge is 2.29. The first-order valence-electron chi connectivity index (χ1n) is 7.45. The minimum atomic E-state index is 0.116. The van der Waals surface area contributed by atoms with Crippen molar-refractivity contribution in [3.63, 3.8) is 0 Å². The highest BCUT2D eigenvalue weighted by molar-refractivity contribution is 5.97. The van der Waals surface area contributed by atoms with Crippen LogP contribution >= 0.6 is 0 Å². The number of carbonyl (C=O) groups is 1. The average Bonchev–Trinajstić information content (AvgIpc) is 2.39. The average molecular weight is 260 g/mol. The van der Waals surface area contributed by atoms with Crippen LogP contribution in [0.2, 0.25) is 0 Å². The fourth-order valence-corrected chi connectivity index (χ4v) is 3.20. The van der Waals surface area contributed by atoms with E-state index < -0.39 is 0 Å². The maximum Gasteiger partial charge on any atom is 0.171 e. The van der Waals surface area contributed by atoms with Crippen LogP contribution in [0, 0.1) is 12.8 Å². The lowest BCUT2D eigenvalue weighted by Crippen LogP contribution is -2.51. The van der Waals surface area contributed by atoms with E-state index in [0.717, 1.165) is 16.6 Å². The predicted molar refractivity (Wildman–Crippen MR) is 79.3 cm³/mol. The number of Topliss-reactive ketones (excluding diaryl/α,β-unsaturated/α-hetero) is 1. The van der Waals surface area contributed by atoms with Crippen LogP contribution in [-0.4, -0.2) is 36.9 Å². The summed E-state index contributed by atoms with van der Waals surface area (Å²) in [5, 5.41) is 0. The molecule has 1 aliphatic rings. The van der Waals surface area contributed by atoms with Crippen LogP contribution in [0.1, 0.15) is 42.1 Å². The summed E-state index contributed by atoms with van der Waals surface area (Å²) in [6, 6.07) is 7.98. The van der Waals surface area contributed by atoms with Gasteiger partial charge >= 0.3 is 0 Å². The van der Waals surface area contributed by atoms with E-state index in [2.05, 4.69) is 20.9 Å². The van der Waals surface area contributed by atoms with E-state index in [4.69, 9.17) is 0 Å². The van der Waals surface area contributed by atoms with Crippen molar-refractivity contribution in [2.75, 3.05) is 26.7 Å². The van der Waals surface area contributed by atoms with Crippen LogP contribution in [0.4, 0.5) is 0 Å². The topological polar surface area (TPSA) is 17.1 Å². The van der Waals surface area contributed by atoms with E-state index in [-0.39, 0.29) is 5.92 Å². The van der Waals surface area contributed by atoms with Gasteiger partial charge in [0.2, 0.25) is 0 Å². The van der Waals surface area contributed by atoms with Gasteiger partial charge in [-0.1, -0.05) is 29.8 Å². The van der Waals surface area contributed by atoms with Crippen LogP contribution < -0.4 is 0 Å². The number of rotatable bonds is 4. The van der Waals surface area contributed by atoms with Crippen molar-refractivity contribution in [2.24, 2.45) is 5.92 Å². The second kappa shape index (κ2) is 5.87. The fraction of sp³-hybridized carbons (Fsp3) is 0.588. The van der Waals surface area contributed by atoms with Gasteiger partial charge in [-0.3, -0.25) is 4.79 Å². The number of piperidine rings is 1. The summed E-state index contributed by atoms with van der Waals surface area (Å²) in [5.41, 5.74) is 2.07. The van der Waals surface area contributed by atoms with Crippen LogP contribution in [0.5, 0.6) is 0 Å². The van der Waals surface area contributed by atoms with Gasteiger partial charge in [-0.05, 0) is 33.1 Å². The van der Waals surface area contributed by atoms with E-state index in [1.54, 1.807) is 0 Å². The van der Waals surface area contributed by atoms with Gasteiger partial charge in [0.25, 0.3) is 0 Å².